The number of carbonyl (C=O) groups is 1. The van der Waals surface area contributed by atoms with Crippen molar-refractivity contribution in [2.75, 3.05) is 16.9 Å². The van der Waals surface area contributed by atoms with E-state index >= 15 is 0 Å². The molecular formula is C11H13FN2OS. The summed E-state index contributed by atoms with van der Waals surface area (Å²) in [5.74, 6) is 0.937. The molecule has 0 aromatic heterocycles. The van der Waals surface area contributed by atoms with E-state index in [4.69, 9.17) is 0 Å². The van der Waals surface area contributed by atoms with E-state index in [0.717, 1.165) is 17.2 Å². The molecule has 1 aliphatic heterocycles. The molecule has 1 heterocycles. The first kappa shape index (κ1) is 11.4. The lowest BCUT2D eigenvalue weighted by Crippen LogP contribution is -2.37. The van der Waals surface area contributed by atoms with Gasteiger partial charge in [-0.05, 0) is 24.6 Å². The Labute approximate surface area is 97.8 Å². The Hall–Kier alpha value is -1.07. The molecule has 0 saturated carbocycles. The fraction of sp³-hybridized carbons (Fsp3) is 0.364. The van der Waals surface area contributed by atoms with Crippen molar-refractivity contribution in [2.45, 2.75) is 13.0 Å². The second-order valence-electron chi connectivity index (χ2n) is 3.74. The van der Waals surface area contributed by atoms with Crippen LogP contribution in [0.4, 0.5) is 10.1 Å². The third-order valence-corrected chi connectivity index (χ3v) is 3.35. The summed E-state index contributed by atoms with van der Waals surface area (Å²) >= 11 is 1.66. The van der Waals surface area contributed by atoms with Gasteiger partial charge >= 0.3 is 0 Å². The van der Waals surface area contributed by atoms with Crippen LogP contribution in [-0.4, -0.2) is 23.6 Å². The van der Waals surface area contributed by atoms with Gasteiger partial charge in [0.25, 0.3) is 0 Å². The zero-order chi connectivity index (χ0) is 11.5. The average molecular weight is 240 g/mol. The number of amides is 1. The number of carbonyl (C=O) groups excluding carboxylic acids is 1. The van der Waals surface area contributed by atoms with Crippen LogP contribution in [0.5, 0.6) is 0 Å². The third kappa shape index (κ3) is 2.54. The van der Waals surface area contributed by atoms with Crippen molar-refractivity contribution in [3.05, 3.63) is 29.6 Å². The van der Waals surface area contributed by atoms with Gasteiger partial charge in [0, 0.05) is 11.6 Å². The van der Waals surface area contributed by atoms with Gasteiger partial charge in [0.15, 0.2) is 0 Å². The molecule has 0 aliphatic carbocycles. The van der Waals surface area contributed by atoms with E-state index in [1.807, 2.05) is 6.92 Å². The highest BCUT2D eigenvalue weighted by molar-refractivity contribution is 7.99. The van der Waals surface area contributed by atoms with Crippen molar-refractivity contribution >= 4 is 23.4 Å². The SMILES string of the molecule is Cc1ccc(F)c(NC(=O)C2CSCN2)c1. The highest BCUT2D eigenvalue weighted by Crippen LogP contribution is 2.17. The fourth-order valence-corrected chi connectivity index (χ4v) is 2.46. The van der Waals surface area contributed by atoms with Crippen molar-refractivity contribution in [3.63, 3.8) is 0 Å². The van der Waals surface area contributed by atoms with Crippen molar-refractivity contribution in [1.29, 1.82) is 0 Å². The number of nitrogens with one attached hydrogen (secondary N) is 2. The predicted molar refractivity (Wildman–Crippen MR) is 64.0 cm³/mol. The molecule has 86 valence electrons. The second kappa shape index (κ2) is 4.84. The van der Waals surface area contributed by atoms with Crippen LogP contribution in [-0.2, 0) is 4.79 Å². The quantitative estimate of drug-likeness (QED) is 0.827. The normalized spacial score (nSPS) is 19.8. The Bertz CT molecular complexity index is 405. The number of benzene rings is 1. The molecule has 0 radical (unpaired) electrons. The fourth-order valence-electron chi connectivity index (χ4n) is 1.52. The lowest BCUT2D eigenvalue weighted by atomic mass is 10.2. The maximum atomic E-state index is 13.4. The van der Waals surface area contributed by atoms with Crippen LogP contribution in [0.2, 0.25) is 0 Å². The van der Waals surface area contributed by atoms with Crippen molar-refractivity contribution in [2.24, 2.45) is 0 Å². The summed E-state index contributed by atoms with van der Waals surface area (Å²) in [6, 6.07) is 4.45. The molecule has 2 rings (SSSR count). The van der Waals surface area contributed by atoms with Crippen LogP contribution in [0, 0.1) is 12.7 Å². The first-order chi connectivity index (χ1) is 7.66. The van der Waals surface area contributed by atoms with Gasteiger partial charge in [-0.15, -0.1) is 11.8 Å². The van der Waals surface area contributed by atoms with Gasteiger partial charge in [-0.3, -0.25) is 10.1 Å². The Morgan fingerprint density at radius 2 is 2.44 bits per heavy atom. The smallest absolute Gasteiger partial charge is 0.242 e. The lowest BCUT2D eigenvalue weighted by molar-refractivity contribution is -0.117. The van der Waals surface area contributed by atoms with E-state index in [1.54, 1.807) is 23.9 Å². The van der Waals surface area contributed by atoms with E-state index in [1.165, 1.54) is 6.07 Å². The molecule has 1 atom stereocenters. The first-order valence-electron chi connectivity index (χ1n) is 5.05. The molecule has 5 heteroatoms. The molecule has 16 heavy (non-hydrogen) atoms. The highest BCUT2D eigenvalue weighted by atomic mass is 32.2. The first-order valence-corrected chi connectivity index (χ1v) is 6.20. The maximum absolute atomic E-state index is 13.4. The highest BCUT2D eigenvalue weighted by Gasteiger charge is 2.23. The predicted octanol–water partition coefficient (Wildman–Crippen LogP) is 1.74. The number of hydrogen-bond donors (Lipinski definition) is 2. The number of thioether (sulfide) groups is 1. The van der Waals surface area contributed by atoms with Gasteiger partial charge in [-0.2, -0.15) is 0 Å². The average Bonchev–Trinajstić information content (AvgIpc) is 2.76. The summed E-state index contributed by atoms with van der Waals surface area (Å²) in [4.78, 5) is 11.7. The molecule has 0 bridgehead atoms. The molecule has 1 saturated heterocycles. The van der Waals surface area contributed by atoms with Crippen molar-refractivity contribution < 1.29 is 9.18 Å². The van der Waals surface area contributed by atoms with Crippen LogP contribution in [0.25, 0.3) is 0 Å². The molecular weight excluding hydrogens is 227 g/mol. The van der Waals surface area contributed by atoms with E-state index < -0.39 is 5.82 Å². The summed E-state index contributed by atoms with van der Waals surface area (Å²) in [6.07, 6.45) is 0. The Balaban J connectivity index is 2.07. The molecule has 1 aromatic carbocycles. The lowest BCUT2D eigenvalue weighted by Gasteiger charge is -2.11. The molecule has 2 N–H and O–H groups in total. The van der Waals surface area contributed by atoms with E-state index in [-0.39, 0.29) is 17.6 Å². The Morgan fingerprint density at radius 3 is 3.12 bits per heavy atom. The van der Waals surface area contributed by atoms with Crippen molar-refractivity contribution in [1.82, 2.24) is 5.32 Å². The molecule has 0 spiro atoms. The summed E-state index contributed by atoms with van der Waals surface area (Å²) in [6.45, 7) is 1.86. The van der Waals surface area contributed by atoms with Crippen LogP contribution >= 0.6 is 11.8 Å². The standard InChI is InChI=1S/C11H13FN2OS/c1-7-2-3-8(12)9(4-7)14-11(15)10-5-16-6-13-10/h2-4,10,13H,5-6H2,1H3,(H,14,15). The largest absolute Gasteiger partial charge is 0.322 e. The number of rotatable bonds is 2. The monoisotopic (exact) mass is 240 g/mol. The minimum absolute atomic E-state index is 0.172. The van der Waals surface area contributed by atoms with Crippen LogP contribution in [0.1, 0.15) is 5.56 Å². The van der Waals surface area contributed by atoms with E-state index in [9.17, 15) is 9.18 Å². The van der Waals surface area contributed by atoms with Crippen LogP contribution in [0.15, 0.2) is 18.2 Å². The number of halogens is 1. The minimum atomic E-state index is -0.399. The van der Waals surface area contributed by atoms with Gasteiger partial charge in [0.1, 0.15) is 5.82 Å². The van der Waals surface area contributed by atoms with E-state index in [0.29, 0.717) is 0 Å². The number of hydrogen-bond acceptors (Lipinski definition) is 3. The van der Waals surface area contributed by atoms with Gasteiger partial charge in [-0.1, -0.05) is 6.07 Å². The second-order valence-corrected chi connectivity index (χ2v) is 4.77. The van der Waals surface area contributed by atoms with Crippen LogP contribution < -0.4 is 10.6 Å². The topological polar surface area (TPSA) is 41.1 Å². The molecule has 1 amide bonds. The third-order valence-electron chi connectivity index (χ3n) is 2.41. The number of aryl methyl sites for hydroxylation is 1. The molecule has 1 unspecified atom stereocenters. The summed E-state index contributed by atoms with van der Waals surface area (Å²) < 4.78 is 13.4. The van der Waals surface area contributed by atoms with Gasteiger partial charge in [0.2, 0.25) is 5.91 Å². The molecule has 1 aromatic rings. The molecule has 1 aliphatic rings. The Morgan fingerprint density at radius 1 is 1.62 bits per heavy atom. The Kier molecular flexibility index (Phi) is 3.46. The summed E-state index contributed by atoms with van der Waals surface area (Å²) in [5.41, 5.74) is 1.18. The van der Waals surface area contributed by atoms with Crippen molar-refractivity contribution in [3.8, 4) is 0 Å². The summed E-state index contributed by atoms with van der Waals surface area (Å²) in [7, 11) is 0. The minimum Gasteiger partial charge on any atom is -0.322 e. The zero-order valence-corrected chi connectivity index (χ0v) is 9.73. The van der Waals surface area contributed by atoms with Gasteiger partial charge in [0.05, 0.1) is 11.7 Å². The summed E-state index contributed by atoms with van der Waals surface area (Å²) in [5, 5.41) is 5.64. The van der Waals surface area contributed by atoms with Gasteiger partial charge in [-0.25, -0.2) is 4.39 Å². The zero-order valence-electron chi connectivity index (χ0n) is 8.92. The van der Waals surface area contributed by atoms with E-state index in [2.05, 4.69) is 10.6 Å². The number of anilines is 1. The molecule has 3 nitrogen and oxygen atoms in total. The van der Waals surface area contributed by atoms with Gasteiger partial charge < -0.3 is 5.32 Å². The maximum Gasteiger partial charge on any atom is 0.242 e. The van der Waals surface area contributed by atoms with Crippen LogP contribution in [0.3, 0.4) is 0 Å². The molecule has 1 fully saturated rings.